The Kier molecular flexibility index (Phi) is 7.44. The van der Waals surface area contributed by atoms with Gasteiger partial charge in [-0.3, -0.25) is 14.5 Å². The predicted octanol–water partition coefficient (Wildman–Crippen LogP) is 0.128. The maximum atomic E-state index is 12.9. The topological polar surface area (TPSA) is 90.4 Å². The number of ether oxygens (including phenoxy) is 1. The van der Waals surface area contributed by atoms with Gasteiger partial charge in [0.1, 0.15) is 5.54 Å². The van der Waals surface area contributed by atoms with E-state index in [9.17, 15) is 19.5 Å². The number of morpholine rings is 1. The number of carboxylic acid groups (broad SMARTS) is 1. The Morgan fingerprint density at radius 3 is 2.46 bits per heavy atom. The quantitative estimate of drug-likeness (QED) is 0.668. The number of likely N-dealkylation sites (tertiary alicyclic amines) is 1. The second-order valence-corrected chi connectivity index (χ2v) is 7.93. The summed E-state index contributed by atoms with van der Waals surface area (Å²) in [5.74, 6) is 3.38. The number of hydrogen-bond donors (Lipinski definition) is 1. The molecule has 2 heterocycles. The predicted molar refractivity (Wildman–Crippen MR) is 103 cm³/mol. The first-order valence-corrected chi connectivity index (χ1v) is 9.76. The lowest BCUT2D eigenvalue weighted by Crippen LogP contribution is -2.58. The smallest absolute Gasteiger partial charge is 0.329 e. The number of aliphatic carboxylic acids is 1. The van der Waals surface area contributed by atoms with Crippen LogP contribution in [0, 0.1) is 23.7 Å². The monoisotopic (exact) mass is 393 g/mol. The Bertz CT molecular complexity index is 662. The molecule has 0 unspecified atom stereocenters. The normalized spacial score (nSPS) is 22.3. The number of rotatable bonds is 5. The number of amides is 2. The largest absolute Gasteiger partial charge is 0.479 e. The number of hydrogen-bond acceptors (Lipinski definition) is 5. The third-order valence-electron chi connectivity index (χ3n) is 6.01. The molecule has 156 valence electrons. The molecule has 2 amide bonds. The van der Waals surface area contributed by atoms with Crippen LogP contribution in [0.5, 0.6) is 0 Å². The minimum Gasteiger partial charge on any atom is -0.479 e. The Balaban J connectivity index is 1.92. The maximum absolute atomic E-state index is 12.9. The highest BCUT2D eigenvalue weighted by Crippen LogP contribution is 2.28. The van der Waals surface area contributed by atoms with Crippen LogP contribution in [0.4, 0.5) is 0 Å². The molecule has 2 saturated heterocycles. The lowest BCUT2D eigenvalue weighted by molar-refractivity contribution is -0.161. The van der Waals surface area contributed by atoms with Gasteiger partial charge < -0.3 is 19.6 Å². The van der Waals surface area contributed by atoms with Crippen LogP contribution < -0.4 is 0 Å². The Labute approximate surface area is 166 Å². The van der Waals surface area contributed by atoms with Crippen molar-refractivity contribution in [2.45, 2.75) is 32.7 Å². The molecule has 0 aliphatic carbocycles. The number of carboxylic acids is 1. The highest BCUT2D eigenvalue weighted by Gasteiger charge is 2.45. The summed E-state index contributed by atoms with van der Waals surface area (Å²) in [6, 6.07) is 0. The second-order valence-electron chi connectivity index (χ2n) is 7.93. The van der Waals surface area contributed by atoms with Crippen LogP contribution in [0.25, 0.3) is 0 Å². The van der Waals surface area contributed by atoms with E-state index in [0.29, 0.717) is 32.7 Å². The molecule has 0 saturated carbocycles. The fourth-order valence-corrected chi connectivity index (χ4v) is 3.49. The molecular weight excluding hydrogens is 362 g/mol. The van der Waals surface area contributed by atoms with Gasteiger partial charge in [0.25, 0.3) is 5.91 Å². The van der Waals surface area contributed by atoms with Gasteiger partial charge in [0.2, 0.25) is 5.91 Å². The van der Waals surface area contributed by atoms with Crippen molar-refractivity contribution in [2.75, 3.05) is 53.0 Å². The summed E-state index contributed by atoms with van der Waals surface area (Å²) >= 11 is 0. The van der Waals surface area contributed by atoms with Gasteiger partial charge in [-0.15, -0.1) is 0 Å². The van der Waals surface area contributed by atoms with E-state index >= 15 is 0 Å². The van der Waals surface area contributed by atoms with E-state index in [4.69, 9.17) is 4.74 Å². The zero-order valence-corrected chi connectivity index (χ0v) is 17.2. The molecule has 0 spiro atoms. The molecule has 0 aromatic heterocycles. The van der Waals surface area contributed by atoms with Gasteiger partial charge in [0.15, 0.2) is 0 Å². The van der Waals surface area contributed by atoms with Crippen molar-refractivity contribution >= 4 is 17.8 Å². The van der Waals surface area contributed by atoms with Crippen LogP contribution in [0.3, 0.4) is 0 Å². The molecule has 8 heteroatoms. The molecule has 0 radical (unpaired) electrons. The van der Waals surface area contributed by atoms with E-state index in [1.165, 1.54) is 11.9 Å². The van der Waals surface area contributed by atoms with Gasteiger partial charge in [-0.2, -0.15) is 0 Å². The van der Waals surface area contributed by atoms with Gasteiger partial charge in [0.05, 0.1) is 25.7 Å². The van der Waals surface area contributed by atoms with E-state index in [1.54, 1.807) is 25.7 Å². The van der Waals surface area contributed by atoms with Crippen molar-refractivity contribution in [3.8, 4) is 11.8 Å². The van der Waals surface area contributed by atoms with E-state index in [0.717, 1.165) is 13.1 Å². The first kappa shape index (κ1) is 22.2. The molecule has 1 N–H and O–H groups in total. The van der Waals surface area contributed by atoms with Gasteiger partial charge >= 0.3 is 5.97 Å². The van der Waals surface area contributed by atoms with Gasteiger partial charge in [-0.25, -0.2) is 4.79 Å². The zero-order valence-electron chi connectivity index (χ0n) is 17.2. The third-order valence-corrected chi connectivity index (χ3v) is 6.01. The molecule has 2 aliphatic rings. The van der Waals surface area contributed by atoms with E-state index in [-0.39, 0.29) is 24.3 Å². The summed E-state index contributed by atoms with van der Waals surface area (Å²) in [5.41, 5.74) is -1.29. The number of likely N-dealkylation sites (N-methyl/N-ethyl adjacent to an activating group) is 1. The summed E-state index contributed by atoms with van der Waals surface area (Å²) in [6.45, 7) is 9.39. The fourth-order valence-electron chi connectivity index (χ4n) is 3.49. The molecule has 2 aliphatic heterocycles. The van der Waals surface area contributed by atoms with Crippen LogP contribution in [0.1, 0.15) is 27.2 Å². The van der Waals surface area contributed by atoms with Crippen molar-refractivity contribution in [1.29, 1.82) is 0 Å². The first-order valence-electron chi connectivity index (χ1n) is 9.76. The molecule has 2 fully saturated rings. The zero-order chi connectivity index (χ0) is 20.9. The first-order chi connectivity index (χ1) is 13.2. The number of nitrogens with zero attached hydrogens (tertiary/aromatic N) is 3. The third kappa shape index (κ3) is 4.83. The summed E-state index contributed by atoms with van der Waals surface area (Å²) < 4.78 is 5.28. The van der Waals surface area contributed by atoms with E-state index in [2.05, 4.69) is 16.7 Å². The SMILES string of the molecule is CC(C)[C@@](C)(C(=O)O)N(C)C(=O)[C@H]1CCN(C(=O)C#CCN2CCOCC2)C1. The average Bonchev–Trinajstić information content (AvgIpc) is 3.16. The van der Waals surface area contributed by atoms with Crippen LogP contribution in [0.2, 0.25) is 0 Å². The highest BCUT2D eigenvalue weighted by atomic mass is 16.5. The Morgan fingerprint density at radius 2 is 1.89 bits per heavy atom. The van der Waals surface area contributed by atoms with Crippen molar-refractivity contribution in [2.24, 2.45) is 11.8 Å². The molecule has 0 aromatic carbocycles. The molecule has 8 nitrogen and oxygen atoms in total. The van der Waals surface area contributed by atoms with Gasteiger partial charge in [-0.05, 0) is 25.2 Å². The van der Waals surface area contributed by atoms with Crippen molar-refractivity contribution < 1.29 is 24.2 Å². The number of carbonyl (C=O) groups excluding carboxylic acids is 2. The molecular formula is C20H31N3O5. The van der Waals surface area contributed by atoms with Crippen LogP contribution in [0.15, 0.2) is 0 Å². The van der Waals surface area contributed by atoms with Crippen molar-refractivity contribution in [1.82, 2.24) is 14.7 Å². The molecule has 0 aromatic rings. The molecule has 28 heavy (non-hydrogen) atoms. The lowest BCUT2D eigenvalue weighted by atomic mass is 9.86. The lowest BCUT2D eigenvalue weighted by Gasteiger charge is -2.39. The van der Waals surface area contributed by atoms with E-state index in [1.807, 2.05) is 0 Å². The van der Waals surface area contributed by atoms with Gasteiger partial charge in [0, 0.05) is 33.2 Å². The number of carbonyl (C=O) groups is 3. The maximum Gasteiger partial charge on any atom is 0.329 e. The molecule has 2 atom stereocenters. The summed E-state index contributed by atoms with van der Waals surface area (Å²) in [7, 11) is 1.53. The Hall–Kier alpha value is -2.11. The molecule has 2 rings (SSSR count). The highest BCUT2D eigenvalue weighted by molar-refractivity contribution is 5.94. The Morgan fingerprint density at radius 1 is 1.25 bits per heavy atom. The second kappa shape index (κ2) is 9.39. The van der Waals surface area contributed by atoms with Crippen molar-refractivity contribution in [3.63, 3.8) is 0 Å². The van der Waals surface area contributed by atoms with Gasteiger partial charge in [-0.1, -0.05) is 19.8 Å². The molecule has 0 bridgehead atoms. The van der Waals surface area contributed by atoms with Crippen molar-refractivity contribution in [3.05, 3.63) is 0 Å². The fraction of sp³-hybridized carbons (Fsp3) is 0.750. The minimum absolute atomic E-state index is 0.241. The average molecular weight is 393 g/mol. The summed E-state index contributed by atoms with van der Waals surface area (Å²) in [4.78, 5) is 42.0. The van der Waals surface area contributed by atoms with Crippen LogP contribution in [-0.4, -0.2) is 96.1 Å². The van der Waals surface area contributed by atoms with Crippen LogP contribution in [-0.2, 0) is 19.1 Å². The standard InChI is InChI=1S/C20H31N3O5/c1-15(2)20(3,19(26)27)21(4)18(25)16-7-9-23(14-16)17(24)6-5-8-22-10-12-28-13-11-22/h15-16H,7-14H2,1-4H3,(H,26,27)/t16-,20-/m0/s1. The van der Waals surface area contributed by atoms with Crippen LogP contribution >= 0.6 is 0 Å². The summed E-state index contributed by atoms with van der Waals surface area (Å²) in [6.07, 6.45) is 0.522. The minimum atomic E-state index is -1.29. The van der Waals surface area contributed by atoms with E-state index < -0.39 is 17.4 Å². The summed E-state index contributed by atoms with van der Waals surface area (Å²) in [5, 5.41) is 9.62.